The monoisotopic (exact) mass is 278 g/mol. The zero-order valence-electron chi connectivity index (χ0n) is 9.33. The molecule has 0 amide bonds. The number of hydrogen-bond donors (Lipinski definition) is 1. The highest BCUT2D eigenvalue weighted by molar-refractivity contribution is 7.84. The number of nitrogens with two attached hydrogens (primary N) is 1. The molecule has 18 heavy (non-hydrogen) atoms. The summed E-state index contributed by atoms with van der Waals surface area (Å²) in [5, 5.41) is 2.21. The Bertz CT molecular complexity index is 704. The van der Waals surface area contributed by atoms with E-state index in [1.54, 1.807) is 29.5 Å². The average molecular weight is 278 g/mol. The van der Waals surface area contributed by atoms with Crippen molar-refractivity contribution >= 4 is 38.9 Å². The van der Waals surface area contributed by atoms with Gasteiger partial charge in [0.05, 0.1) is 5.75 Å². The first kappa shape index (κ1) is 11.4. The molecule has 0 bridgehead atoms. The molecule has 2 N–H and O–H groups in total. The summed E-state index contributed by atoms with van der Waals surface area (Å²) < 4.78 is 17.6. The lowest BCUT2D eigenvalue weighted by Crippen LogP contribution is -1.94. The summed E-state index contributed by atoms with van der Waals surface area (Å²) in [6.45, 7) is 0. The minimum atomic E-state index is -1.26. The van der Waals surface area contributed by atoms with Crippen LogP contribution in [0.2, 0.25) is 0 Å². The van der Waals surface area contributed by atoms with Crippen molar-refractivity contribution in [2.24, 2.45) is 0 Å². The quantitative estimate of drug-likeness (QED) is 0.748. The van der Waals surface area contributed by atoms with Crippen LogP contribution in [-0.4, -0.2) is 9.19 Å². The lowest BCUT2D eigenvalue weighted by atomic mass is 10.3. The van der Waals surface area contributed by atoms with Crippen LogP contribution >= 0.6 is 11.3 Å². The molecule has 0 saturated heterocycles. The smallest absolute Gasteiger partial charge is 0.288 e. The molecule has 0 spiro atoms. The molecule has 0 fully saturated rings. The highest BCUT2D eigenvalue weighted by Gasteiger charge is 2.13. The van der Waals surface area contributed by atoms with Gasteiger partial charge in [-0.3, -0.25) is 0 Å². The van der Waals surface area contributed by atoms with Crippen LogP contribution < -0.4 is 5.73 Å². The number of thiophene rings is 1. The molecule has 2 heterocycles. The number of fused-ring (bicyclic) bond motifs is 1. The molecular weight excluding hydrogens is 268 g/mol. The first-order valence-electron chi connectivity index (χ1n) is 5.29. The van der Waals surface area contributed by atoms with E-state index in [2.05, 4.69) is 4.98 Å². The van der Waals surface area contributed by atoms with Crippen molar-refractivity contribution in [3.8, 4) is 0 Å². The van der Waals surface area contributed by atoms with Crippen molar-refractivity contribution in [2.45, 2.75) is 11.0 Å². The molecule has 1 aromatic carbocycles. The van der Waals surface area contributed by atoms with Crippen LogP contribution in [0.25, 0.3) is 11.1 Å². The highest BCUT2D eigenvalue weighted by atomic mass is 32.2. The molecule has 0 saturated carbocycles. The Morgan fingerprint density at radius 3 is 3.06 bits per heavy atom. The van der Waals surface area contributed by atoms with Gasteiger partial charge < -0.3 is 10.2 Å². The molecule has 3 aromatic rings. The highest BCUT2D eigenvalue weighted by Crippen LogP contribution is 2.22. The van der Waals surface area contributed by atoms with Gasteiger partial charge >= 0.3 is 0 Å². The van der Waals surface area contributed by atoms with Gasteiger partial charge in [-0.15, -0.1) is 11.3 Å². The van der Waals surface area contributed by atoms with E-state index in [4.69, 9.17) is 10.2 Å². The van der Waals surface area contributed by atoms with Gasteiger partial charge in [0.2, 0.25) is 0 Å². The fraction of sp³-hybridized carbons (Fsp3) is 0.0833. The van der Waals surface area contributed by atoms with E-state index in [0.717, 1.165) is 4.88 Å². The largest absolute Gasteiger partial charge is 0.430 e. The third-order valence-electron chi connectivity index (χ3n) is 2.44. The number of oxazole rings is 1. The normalized spacial score (nSPS) is 12.9. The Kier molecular flexibility index (Phi) is 2.89. The van der Waals surface area contributed by atoms with E-state index in [1.165, 1.54) is 0 Å². The van der Waals surface area contributed by atoms with Crippen molar-refractivity contribution in [3.63, 3.8) is 0 Å². The summed E-state index contributed by atoms with van der Waals surface area (Å²) in [6, 6.07) is 9.07. The van der Waals surface area contributed by atoms with Crippen LogP contribution in [-0.2, 0) is 16.6 Å². The van der Waals surface area contributed by atoms with Gasteiger partial charge in [-0.05, 0) is 29.6 Å². The number of rotatable bonds is 3. The van der Waals surface area contributed by atoms with Crippen molar-refractivity contribution in [1.29, 1.82) is 0 Å². The number of hydrogen-bond acceptors (Lipinski definition) is 5. The van der Waals surface area contributed by atoms with E-state index >= 15 is 0 Å². The molecular formula is C12H10N2O2S2. The third-order valence-corrected chi connectivity index (χ3v) is 4.64. The summed E-state index contributed by atoms with van der Waals surface area (Å²) >= 11 is 1.57. The topological polar surface area (TPSA) is 69.1 Å². The lowest BCUT2D eigenvalue weighted by Gasteiger charge is -1.93. The molecule has 1 unspecified atom stereocenters. The Labute approximate surface area is 110 Å². The maximum Gasteiger partial charge on any atom is 0.288 e. The van der Waals surface area contributed by atoms with Gasteiger partial charge in [0.1, 0.15) is 16.3 Å². The lowest BCUT2D eigenvalue weighted by molar-refractivity contribution is 0.477. The molecule has 1 atom stereocenters. The SMILES string of the molecule is Nc1ccc2oc(S(=O)Cc3cccs3)nc2c1. The van der Waals surface area contributed by atoms with E-state index < -0.39 is 10.8 Å². The second kappa shape index (κ2) is 4.55. The molecule has 2 aromatic heterocycles. The summed E-state index contributed by atoms with van der Waals surface area (Å²) in [5.41, 5.74) is 7.53. The standard InChI is InChI=1S/C12H10N2O2S2/c13-8-3-4-11-10(6-8)14-12(16-11)18(15)7-9-2-1-5-17-9/h1-6H,7,13H2. The van der Waals surface area contributed by atoms with Crippen LogP contribution in [0.3, 0.4) is 0 Å². The molecule has 0 aliphatic carbocycles. The number of benzene rings is 1. The van der Waals surface area contributed by atoms with E-state index in [1.807, 2.05) is 17.5 Å². The van der Waals surface area contributed by atoms with Gasteiger partial charge in [0.15, 0.2) is 5.58 Å². The summed E-state index contributed by atoms with van der Waals surface area (Å²) in [4.78, 5) is 5.26. The van der Waals surface area contributed by atoms with Gasteiger partial charge in [-0.2, -0.15) is 0 Å². The average Bonchev–Trinajstić information content (AvgIpc) is 2.96. The Balaban J connectivity index is 1.92. The number of nitrogen functional groups attached to an aromatic ring is 1. The fourth-order valence-corrected chi connectivity index (χ4v) is 3.55. The Morgan fingerprint density at radius 2 is 2.28 bits per heavy atom. The molecule has 3 rings (SSSR count). The maximum absolute atomic E-state index is 12.1. The van der Waals surface area contributed by atoms with Gasteiger partial charge in [-0.25, -0.2) is 9.19 Å². The van der Waals surface area contributed by atoms with Crippen LogP contribution in [0.1, 0.15) is 4.88 Å². The molecule has 0 aliphatic heterocycles. The molecule has 0 radical (unpaired) electrons. The number of nitrogens with zero attached hydrogens (tertiary/aromatic N) is 1. The molecule has 6 heteroatoms. The molecule has 0 aliphatic rings. The Morgan fingerprint density at radius 1 is 1.39 bits per heavy atom. The Hall–Kier alpha value is -1.66. The van der Waals surface area contributed by atoms with E-state index in [9.17, 15) is 4.21 Å². The second-order valence-corrected chi connectivity index (χ2v) is 6.14. The minimum Gasteiger partial charge on any atom is -0.430 e. The second-order valence-electron chi connectivity index (χ2n) is 3.78. The molecule has 4 nitrogen and oxygen atoms in total. The predicted molar refractivity (Wildman–Crippen MR) is 72.9 cm³/mol. The van der Waals surface area contributed by atoms with Crippen LogP contribution in [0.5, 0.6) is 0 Å². The fourth-order valence-electron chi connectivity index (χ4n) is 1.61. The summed E-state index contributed by atoms with van der Waals surface area (Å²) in [6.07, 6.45) is 0. The zero-order chi connectivity index (χ0) is 12.5. The first-order valence-corrected chi connectivity index (χ1v) is 7.49. The van der Waals surface area contributed by atoms with Gasteiger partial charge in [0.25, 0.3) is 5.22 Å². The van der Waals surface area contributed by atoms with Crippen molar-refractivity contribution in [1.82, 2.24) is 4.98 Å². The van der Waals surface area contributed by atoms with E-state index in [0.29, 0.717) is 22.5 Å². The zero-order valence-corrected chi connectivity index (χ0v) is 11.0. The van der Waals surface area contributed by atoms with Gasteiger partial charge in [0, 0.05) is 10.6 Å². The third kappa shape index (κ3) is 2.16. The summed E-state index contributed by atoms with van der Waals surface area (Å²) in [7, 11) is -1.26. The number of aromatic nitrogens is 1. The van der Waals surface area contributed by atoms with Crippen LogP contribution in [0, 0.1) is 0 Å². The predicted octanol–water partition coefficient (Wildman–Crippen LogP) is 2.78. The van der Waals surface area contributed by atoms with Crippen molar-refractivity contribution < 1.29 is 8.63 Å². The maximum atomic E-state index is 12.1. The number of anilines is 1. The molecule has 92 valence electrons. The van der Waals surface area contributed by atoms with Crippen molar-refractivity contribution in [3.05, 3.63) is 40.6 Å². The van der Waals surface area contributed by atoms with E-state index in [-0.39, 0.29) is 5.22 Å². The first-order chi connectivity index (χ1) is 8.72. The van der Waals surface area contributed by atoms with Crippen LogP contribution in [0.4, 0.5) is 5.69 Å². The van der Waals surface area contributed by atoms with Crippen LogP contribution in [0.15, 0.2) is 45.4 Å². The van der Waals surface area contributed by atoms with Gasteiger partial charge in [-0.1, -0.05) is 6.07 Å². The minimum absolute atomic E-state index is 0.254. The summed E-state index contributed by atoms with van der Waals surface area (Å²) in [5.74, 6) is 0.431. The van der Waals surface area contributed by atoms with Crippen molar-refractivity contribution in [2.75, 3.05) is 5.73 Å².